The van der Waals surface area contributed by atoms with E-state index in [4.69, 9.17) is 0 Å². The van der Waals surface area contributed by atoms with Crippen LogP contribution in [0.25, 0.3) is 0 Å². The average Bonchev–Trinajstić information content (AvgIpc) is 3.32. The Labute approximate surface area is 119 Å². The molecule has 0 spiro atoms. The molecular formula is C16H17NO2S. The second-order valence-electron chi connectivity index (χ2n) is 5.12. The second-order valence-corrected chi connectivity index (χ2v) is 7.11. The molecule has 2 aromatic carbocycles. The Bertz CT molecular complexity index is 625. The number of sulfonamides is 1. The van der Waals surface area contributed by atoms with Crippen LogP contribution in [0.15, 0.2) is 60.7 Å². The van der Waals surface area contributed by atoms with Crippen LogP contribution in [0.1, 0.15) is 30.0 Å². The predicted molar refractivity (Wildman–Crippen MR) is 79.8 cm³/mol. The summed E-state index contributed by atoms with van der Waals surface area (Å²) in [4.78, 5) is 0. The highest BCUT2D eigenvalue weighted by atomic mass is 32.2. The minimum atomic E-state index is -3.23. The van der Waals surface area contributed by atoms with Gasteiger partial charge in [0.15, 0.2) is 0 Å². The lowest BCUT2D eigenvalue weighted by molar-refractivity contribution is 0.570. The zero-order chi connectivity index (χ0) is 14.0. The van der Waals surface area contributed by atoms with Gasteiger partial charge in [0.1, 0.15) is 0 Å². The molecule has 0 aliphatic heterocycles. The molecule has 0 heterocycles. The van der Waals surface area contributed by atoms with Crippen LogP contribution < -0.4 is 4.72 Å². The minimum Gasteiger partial charge on any atom is -0.212 e. The molecule has 0 aromatic heterocycles. The van der Waals surface area contributed by atoms with Crippen LogP contribution in [0.2, 0.25) is 0 Å². The number of nitrogens with one attached hydrogen (secondary N) is 1. The van der Waals surface area contributed by atoms with Gasteiger partial charge in [-0.25, -0.2) is 13.1 Å². The van der Waals surface area contributed by atoms with E-state index in [-0.39, 0.29) is 11.3 Å². The van der Waals surface area contributed by atoms with Crippen LogP contribution in [0.5, 0.6) is 0 Å². The molecule has 2 aromatic rings. The van der Waals surface area contributed by atoms with E-state index in [0.717, 1.165) is 24.0 Å². The maximum Gasteiger partial charge on any atom is 0.215 e. The first-order chi connectivity index (χ1) is 9.67. The summed E-state index contributed by atoms with van der Waals surface area (Å²) in [6, 6.07) is 19.1. The van der Waals surface area contributed by atoms with E-state index in [9.17, 15) is 8.42 Å². The monoisotopic (exact) mass is 287 g/mol. The fourth-order valence-electron chi connectivity index (χ4n) is 2.26. The summed E-state index contributed by atoms with van der Waals surface area (Å²) in [5.74, 6) is 0. The highest BCUT2D eigenvalue weighted by Crippen LogP contribution is 2.31. The molecule has 104 valence electrons. The van der Waals surface area contributed by atoms with Gasteiger partial charge in [0.2, 0.25) is 10.0 Å². The van der Waals surface area contributed by atoms with Crippen LogP contribution in [-0.2, 0) is 10.0 Å². The number of benzene rings is 2. The first kappa shape index (κ1) is 13.3. The average molecular weight is 287 g/mol. The molecule has 0 saturated heterocycles. The van der Waals surface area contributed by atoms with E-state index in [2.05, 4.69) is 4.72 Å². The molecular weight excluding hydrogens is 270 g/mol. The summed E-state index contributed by atoms with van der Waals surface area (Å²) in [6.07, 6.45) is 1.54. The van der Waals surface area contributed by atoms with Gasteiger partial charge in [-0.1, -0.05) is 60.7 Å². The normalized spacial score (nSPS) is 15.4. The van der Waals surface area contributed by atoms with Crippen molar-refractivity contribution in [2.45, 2.75) is 24.1 Å². The Morgan fingerprint density at radius 3 is 1.70 bits per heavy atom. The standard InChI is InChI=1S/C16H17NO2S/c18-20(19,15-11-12-15)17-16(13-7-3-1-4-8-13)14-9-5-2-6-10-14/h1-10,15-17H,11-12H2. The van der Waals surface area contributed by atoms with Crippen LogP contribution in [0, 0.1) is 0 Å². The van der Waals surface area contributed by atoms with Gasteiger partial charge in [0.25, 0.3) is 0 Å². The van der Waals surface area contributed by atoms with E-state index in [1.807, 2.05) is 60.7 Å². The second kappa shape index (κ2) is 5.38. The molecule has 0 bridgehead atoms. The number of hydrogen-bond acceptors (Lipinski definition) is 2. The number of rotatable bonds is 5. The third-order valence-corrected chi connectivity index (χ3v) is 5.42. The van der Waals surface area contributed by atoms with Gasteiger partial charge in [-0.2, -0.15) is 0 Å². The molecule has 0 unspecified atom stereocenters. The summed E-state index contributed by atoms with van der Waals surface area (Å²) in [5.41, 5.74) is 1.92. The van der Waals surface area contributed by atoms with Gasteiger partial charge in [0, 0.05) is 0 Å². The topological polar surface area (TPSA) is 46.2 Å². The minimum absolute atomic E-state index is 0.211. The van der Waals surface area contributed by atoms with E-state index in [0.29, 0.717) is 0 Å². The van der Waals surface area contributed by atoms with E-state index < -0.39 is 10.0 Å². The molecule has 1 N–H and O–H groups in total. The number of hydrogen-bond donors (Lipinski definition) is 1. The zero-order valence-electron chi connectivity index (χ0n) is 11.1. The molecule has 20 heavy (non-hydrogen) atoms. The van der Waals surface area contributed by atoms with Crippen molar-refractivity contribution in [1.29, 1.82) is 0 Å². The lowest BCUT2D eigenvalue weighted by Crippen LogP contribution is -2.32. The van der Waals surface area contributed by atoms with Crippen molar-refractivity contribution >= 4 is 10.0 Å². The summed E-state index contributed by atoms with van der Waals surface area (Å²) in [5, 5.41) is -0.211. The molecule has 3 rings (SSSR count). The lowest BCUT2D eigenvalue weighted by Gasteiger charge is -2.19. The summed E-state index contributed by atoms with van der Waals surface area (Å²) in [6.45, 7) is 0. The van der Waals surface area contributed by atoms with E-state index in [1.165, 1.54) is 0 Å². The Morgan fingerprint density at radius 1 is 0.850 bits per heavy atom. The Morgan fingerprint density at radius 2 is 1.30 bits per heavy atom. The summed E-state index contributed by atoms with van der Waals surface area (Å²) < 4.78 is 27.3. The van der Waals surface area contributed by atoms with Gasteiger partial charge < -0.3 is 0 Å². The molecule has 0 amide bonds. The summed E-state index contributed by atoms with van der Waals surface area (Å²) in [7, 11) is -3.23. The van der Waals surface area contributed by atoms with Crippen molar-refractivity contribution in [3.05, 3.63) is 71.8 Å². The van der Waals surface area contributed by atoms with Crippen LogP contribution in [0.3, 0.4) is 0 Å². The maximum atomic E-state index is 12.2. The molecule has 0 atom stereocenters. The smallest absolute Gasteiger partial charge is 0.212 e. The maximum absolute atomic E-state index is 12.2. The van der Waals surface area contributed by atoms with E-state index >= 15 is 0 Å². The van der Waals surface area contributed by atoms with Gasteiger partial charge in [-0.3, -0.25) is 0 Å². The van der Waals surface area contributed by atoms with E-state index in [1.54, 1.807) is 0 Å². The van der Waals surface area contributed by atoms with Crippen molar-refractivity contribution in [3.8, 4) is 0 Å². The van der Waals surface area contributed by atoms with Crippen molar-refractivity contribution in [3.63, 3.8) is 0 Å². The van der Waals surface area contributed by atoms with Gasteiger partial charge in [-0.05, 0) is 24.0 Å². The fourth-order valence-corrected chi connectivity index (χ4v) is 3.81. The molecule has 0 radical (unpaired) electrons. The molecule has 1 aliphatic carbocycles. The van der Waals surface area contributed by atoms with Crippen LogP contribution in [-0.4, -0.2) is 13.7 Å². The largest absolute Gasteiger partial charge is 0.215 e. The van der Waals surface area contributed by atoms with Gasteiger partial charge in [0.05, 0.1) is 11.3 Å². The van der Waals surface area contributed by atoms with Crippen molar-refractivity contribution in [2.24, 2.45) is 0 Å². The fraction of sp³-hybridized carbons (Fsp3) is 0.250. The molecule has 1 fully saturated rings. The molecule has 1 saturated carbocycles. The van der Waals surface area contributed by atoms with Gasteiger partial charge >= 0.3 is 0 Å². The first-order valence-electron chi connectivity index (χ1n) is 6.78. The first-order valence-corrected chi connectivity index (χ1v) is 8.32. The summed E-state index contributed by atoms with van der Waals surface area (Å²) >= 11 is 0. The Hall–Kier alpha value is -1.65. The Balaban J connectivity index is 1.96. The SMILES string of the molecule is O=S(=O)(NC(c1ccccc1)c1ccccc1)C1CC1. The van der Waals surface area contributed by atoms with Crippen molar-refractivity contribution in [1.82, 2.24) is 4.72 Å². The molecule has 3 nitrogen and oxygen atoms in total. The van der Waals surface area contributed by atoms with Gasteiger partial charge in [-0.15, -0.1) is 0 Å². The third kappa shape index (κ3) is 2.92. The zero-order valence-corrected chi connectivity index (χ0v) is 11.9. The molecule has 1 aliphatic rings. The third-order valence-electron chi connectivity index (χ3n) is 3.51. The highest BCUT2D eigenvalue weighted by molar-refractivity contribution is 7.90. The van der Waals surface area contributed by atoms with Crippen molar-refractivity contribution < 1.29 is 8.42 Å². The predicted octanol–water partition coefficient (Wildman–Crippen LogP) is 2.86. The molecule has 4 heteroatoms. The van der Waals surface area contributed by atoms with Crippen molar-refractivity contribution in [2.75, 3.05) is 0 Å². The Kier molecular flexibility index (Phi) is 3.59. The lowest BCUT2D eigenvalue weighted by atomic mass is 10.00. The highest BCUT2D eigenvalue weighted by Gasteiger charge is 2.37. The quantitative estimate of drug-likeness (QED) is 0.919. The van der Waals surface area contributed by atoms with Crippen LogP contribution >= 0.6 is 0 Å². The van der Waals surface area contributed by atoms with Crippen LogP contribution in [0.4, 0.5) is 0 Å².